The molecule has 0 saturated heterocycles. The number of aryl methyl sites for hydroxylation is 2. The molecule has 0 spiro atoms. The Labute approximate surface area is 170 Å². The fourth-order valence-electron chi connectivity index (χ4n) is 2.29. The average molecular weight is 339 g/mol. The number of rotatable bonds is 3. The van der Waals surface area contributed by atoms with Crippen molar-refractivity contribution in [2.45, 2.75) is 39.6 Å². The molecular weight excluding hydrogens is 294 g/mol. The van der Waals surface area contributed by atoms with E-state index in [1.807, 2.05) is 0 Å². The van der Waals surface area contributed by atoms with Gasteiger partial charge < -0.3 is 9.47 Å². The first-order chi connectivity index (χ1) is 19.1. The summed E-state index contributed by atoms with van der Waals surface area (Å²) >= 11 is 0. The second-order valence-electron chi connectivity index (χ2n) is 5.14. The van der Waals surface area contributed by atoms with Gasteiger partial charge in [0.05, 0.1) is 11.0 Å². The molecule has 24 heavy (non-hydrogen) atoms. The Morgan fingerprint density at radius 3 is 3.12 bits per heavy atom. The van der Waals surface area contributed by atoms with E-state index < -0.39 is 103 Å². The van der Waals surface area contributed by atoms with Crippen LogP contribution in [0.25, 0.3) is 10.9 Å². The molecule has 3 nitrogen and oxygen atoms in total. The van der Waals surface area contributed by atoms with Crippen molar-refractivity contribution in [3.63, 3.8) is 0 Å². The molecule has 1 aliphatic heterocycles. The zero-order chi connectivity index (χ0) is 33.4. The highest BCUT2D eigenvalue weighted by Crippen LogP contribution is 2.31. The predicted octanol–water partition coefficient (Wildman–Crippen LogP) is 3.88. The highest BCUT2D eigenvalue weighted by Gasteiger charge is 2.22. The number of fused-ring (bicyclic) bond motifs is 3. The molecule has 0 fully saturated rings. The normalized spacial score (nSPS) is 34.5. The first kappa shape index (κ1) is 4.95. The summed E-state index contributed by atoms with van der Waals surface area (Å²) in [6.45, 7) is -12.3. The van der Waals surface area contributed by atoms with Crippen LogP contribution in [0.4, 0.5) is 0 Å². The van der Waals surface area contributed by atoms with E-state index in [1.165, 1.54) is 13.8 Å². The fourth-order valence-corrected chi connectivity index (χ4v) is 2.29. The van der Waals surface area contributed by atoms with Gasteiger partial charge in [-0.1, -0.05) is 17.6 Å². The summed E-state index contributed by atoms with van der Waals surface area (Å²) < 4.78 is 162. The van der Waals surface area contributed by atoms with Gasteiger partial charge in [-0.15, -0.1) is 0 Å². The third kappa shape index (κ3) is 2.73. The van der Waals surface area contributed by atoms with Crippen LogP contribution in [0, 0.1) is 13.8 Å². The van der Waals surface area contributed by atoms with Gasteiger partial charge in [-0.25, -0.2) is 0 Å². The Balaban J connectivity index is 2.35. The number of aromatic nitrogens is 2. The molecular formula is C21H25N3. The second-order valence-corrected chi connectivity index (χ2v) is 5.14. The number of likely N-dealkylation sites (N-methyl/N-ethyl adjacent to an activating group) is 1. The van der Waals surface area contributed by atoms with Gasteiger partial charge in [-0.2, -0.15) is 0 Å². The standard InChI is InChI=1S/C21H25N3/c1-15-4-7-20-18(12-15)19-14-23(3)10-9-21(19)24(20)11-8-17-6-5-16(2)22-13-17/h4-7,12-13H,8-11,14H2,1-3H3/i3D3,4D,5D,6D,7D,8D2,9D2,10D2,11D2,12D,13D,14D2. The number of hydrogen-bond donors (Lipinski definition) is 0. The maximum atomic E-state index is 9.02. The van der Waals surface area contributed by atoms with E-state index in [-0.39, 0.29) is 20.7 Å². The first-order valence-corrected chi connectivity index (χ1v) is 7.04. The van der Waals surface area contributed by atoms with Crippen LogP contribution in [0.2, 0.25) is 0 Å². The smallest absolute Gasteiger partial charge is 0.0843 e. The van der Waals surface area contributed by atoms with Gasteiger partial charge in [0.1, 0.15) is 0 Å². The molecule has 2 aromatic heterocycles. The molecule has 124 valence electrons. The first-order valence-electron chi connectivity index (χ1n) is 16.5. The zero-order valence-electron chi connectivity index (χ0n) is 31.8. The van der Waals surface area contributed by atoms with Gasteiger partial charge in [0.25, 0.3) is 0 Å². The number of pyridine rings is 1. The van der Waals surface area contributed by atoms with Gasteiger partial charge in [0, 0.05) is 69.4 Å². The van der Waals surface area contributed by atoms with Crippen molar-refractivity contribution in [1.82, 2.24) is 14.5 Å². The lowest BCUT2D eigenvalue weighted by molar-refractivity contribution is 0.309. The van der Waals surface area contributed by atoms with Crippen molar-refractivity contribution < 1.29 is 26.0 Å². The van der Waals surface area contributed by atoms with Crippen LogP contribution >= 0.6 is 0 Å². The van der Waals surface area contributed by atoms with Crippen molar-refractivity contribution in [2.75, 3.05) is 13.5 Å². The predicted molar refractivity (Wildman–Crippen MR) is 99.4 cm³/mol. The number of hydrogen-bond acceptors (Lipinski definition) is 2. The Morgan fingerprint density at radius 1 is 1.33 bits per heavy atom. The van der Waals surface area contributed by atoms with Crippen LogP contribution in [0.5, 0.6) is 0 Å². The molecule has 0 saturated carbocycles. The number of benzene rings is 1. The van der Waals surface area contributed by atoms with E-state index in [1.54, 1.807) is 0 Å². The van der Waals surface area contributed by atoms with Crippen LogP contribution in [-0.2, 0) is 25.7 Å². The molecule has 0 unspecified atom stereocenters. The summed E-state index contributed by atoms with van der Waals surface area (Å²) in [6.07, 6.45) is -8.24. The summed E-state index contributed by atoms with van der Waals surface area (Å²) in [6, 6.07) is -3.95. The van der Waals surface area contributed by atoms with Crippen LogP contribution < -0.4 is 0 Å². The topological polar surface area (TPSA) is 21.1 Å². The summed E-state index contributed by atoms with van der Waals surface area (Å²) in [5.74, 6) is 0. The average Bonchev–Trinajstić information content (AvgIpc) is 3.21. The van der Waals surface area contributed by atoms with Crippen molar-refractivity contribution >= 4 is 10.9 Å². The number of nitrogens with zero attached hydrogens (tertiary/aromatic N) is 3. The minimum Gasteiger partial charge on any atom is -0.344 e. The van der Waals surface area contributed by atoms with Crippen molar-refractivity contribution in [3.05, 3.63) is 64.5 Å². The van der Waals surface area contributed by atoms with Crippen LogP contribution in [0.1, 0.15) is 54.1 Å². The Morgan fingerprint density at radius 2 is 2.25 bits per heavy atom. The summed E-state index contributed by atoms with van der Waals surface area (Å²) in [5.41, 5.74) is -4.70. The minimum absolute atomic E-state index is 0.102. The Kier molecular flexibility index (Phi) is 1.25. The van der Waals surface area contributed by atoms with E-state index in [4.69, 9.17) is 26.0 Å². The summed E-state index contributed by atoms with van der Waals surface area (Å²) in [4.78, 5) is 3.32. The van der Waals surface area contributed by atoms with E-state index >= 15 is 0 Å². The lowest BCUT2D eigenvalue weighted by Crippen LogP contribution is -2.27. The molecule has 1 aliphatic rings. The SMILES string of the molecule is [2H]c1nc(C)c([2H])c([2H])c1C([2H])([2H])C([2H])([2H])n1c2c(c3c([2H])c(C)c([2H])c([2H])c31)C([2H])([2H])N(C([2H])([2H])[2H])C([2H])([2H])C2([2H])[2H]. The van der Waals surface area contributed by atoms with Gasteiger partial charge in [0.2, 0.25) is 0 Å². The quantitative estimate of drug-likeness (QED) is 0.722. The molecule has 3 heteroatoms. The molecule has 0 atom stereocenters. The van der Waals surface area contributed by atoms with Crippen LogP contribution in [-0.4, -0.2) is 27.9 Å². The summed E-state index contributed by atoms with van der Waals surface area (Å²) in [5, 5.41) is -0.743. The second kappa shape index (κ2) is 6.06. The minimum atomic E-state index is -3.78. The maximum Gasteiger partial charge on any atom is 0.0843 e. The maximum absolute atomic E-state index is 9.02. The fraction of sp³-hybridized carbons (Fsp3) is 0.381. The Hall–Kier alpha value is -2.13. The van der Waals surface area contributed by atoms with Crippen LogP contribution in [0.15, 0.2) is 36.4 Å². The third-order valence-corrected chi connectivity index (χ3v) is 3.36. The highest BCUT2D eigenvalue weighted by molar-refractivity contribution is 5.86. The molecule has 3 heterocycles. The monoisotopic (exact) mass is 338 g/mol. The van der Waals surface area contributed by atoms with Crippen molar-refractivity contribution in [1.29, 1.82) is 0 Å². The van der Waals surface area contributed by atoms with Gasteiger partial charge in [-0.05, 0) is 56.5 Å². The zero-order valence-corrected chi connectivity index (χ0v) is 12.8. The molecule has 3 aromatic rings. The lowest BCUT2D eigenvalue weighted by atomic mass is 10.0. The molecule has 0 amide bonds. The van der Waals surface area contributed by atoms with Gasteiger partial charge >= 0.3 is 0 Å². The largest absolute Gasteiger partial charge is 0.344 e. The lowest BCUT2D eigenvalue weighted by Gasteiger charge is -2.24. The third-order valence-electron chi connectivity index (χ3n) is 3.36. The van der Waals surface area contributed by atoms with E-state index in [0.717, 1.165) is 0 Å². The van der Waals surface area contributed by atoms with E-state index in [0.29, 0.717) is 0 Å². The van der Waals surface area contributed by atoms with Gasteiger partial charge in [0.15, 0.2) is 0 Å². The van der Waals surface area contributed by atoms with E-state index in [2.05, 4.69) is 4.98 Å². The molecule has 1 aromatic carbocycles. The summed E-state index contributed by atoms with van der Waals surface area (Å²) in [7, 11) is 0. The molecule has 0 N–H and O–H groups in total. The molecule has 4 rings (SSSR count). The van der Waals surface area contributed by atoms with Crippen molar-refractivity contribution in [3.8, 4) is 0 Å². The molecule has 0 radical (unpaired) electrons. The molecule has 0 aliphatic carbocycles. The molecule has 0 bridgehead atoms. The van der Waals surface area contributed by atoms with Crippen molar-refractivity contribution in [2.24, 2.45) is 0 Å². The van der Waals surface area contributed by atoms with Crippen LogP contribution in [0.3, 0.4) is 0 Å². The highest BCUT2D eigenvalue weighted by atomic mass is 15.1. The van der Waals surface area contributed by atoms with Gasteiger partial charge in [-0.3, -0.25) is 4.98 Å². The van der Waals surface area contributed by atoms with E-state index in [9.17, 15) is 0 Å². The Bertz CT molecular complexity index is 1680.